The number of anilines is 1. The van der Waals surface area contributed by atoms with Crippen LogP contribution in [0.4, 0.5) is 10.1 Å². The van der Waals surface area contributed by atoms with Gasteiger partial charge in [0.15, 0.2) is 11.5 Å². The first-order valence-corrected chi connectivity index (χ1v) is 14.9. The molecule has 1 N–H and O–H groups in total. The second-order valence-electron chi connectivity index (χ2n) is 9.13. The van der Waals surface area contributed by atoms with Crippen molar-refractivity contribution >= 4 is 50.7 Å². The maximum Gasteiger partial charge on any atom is 0.264 e. The summed E-state index contributed by atoms with van der Waals surface area (Å²) in [5, 5.41) is 3.26. The van der Waals surface area contributed by atoms with Crippen LogP contribution in [0, 0.1) is 5.82 Å². The molecular formula is C28H28Cl2FN3O6S. The van der Waals surface area contributed by atoms with Gasteiger partial charge in [0.1, 0.15) is 31.6 Å². The highest BCUT2D eigenvalue weighted by Gasteiger charge is 2.33. The lowest BCUT2D eigenvalue weighted by Gasteiger charge is -2.32. The number of hydrogen-bond donors (Lipinski definition) is 1. The van der Waals surface area contributed by atoms with Crippen LogP contribution in [0.2, 0.25) is 10.0 Å². The van der Waals surface area contributed by atoms with Crippen LogP contribution < -0.4 is 19.1 Å². The molecule has 3 aromatic rings. The largest absolute Gasteiger partial charge is 0.486 e. The Balaban J connectivity index is 1.73. The van der Waals surface area contributed by atoms with E-state index in [9.17, 15) is 22.4 Å². The zero-order valence-electron chi connectivity index (χ0n) is 22.3. The first-order chi connectivity index (χ1) is 19.5. The lowest BCUT2D eigenvalue weighted by molar-refractivity contribution is -0.139. The first kappa shape index (κ1) is 30.4. The molecule has 218 valence electrons. The molecule has 0 aromatic heterocycles. The van der Waals surface area contributed by atoms with E-state index in [0.717, 1.165) is 16.4 Å². The summed E-state index contributed by atoms with van der Waals surface area (Å²) in [5.41, 5.74) is 0.627. The van der Waals surface area contributed by atoms with Crippen LogP contribution in [0.15, 0.2) is 65.6 Å². The summed E-state index contributed by atoms with van der Waals surface area (Å²) < 4.78 is 53.6. The molecule has 1 heterocycles. The van der Waals surface area contributed by atoms with E-state index < -0.39 is 40.2 Å². The van der Waals surface area contributed by atoms with Gasteiger partial charge in [-0.3, -0.25) is 13.9 Å². The normalized spacial score (nSPS) is 13.3. The Morgan fingerprint density at radius 2 is 1.66 bits per heavy atom. The molecule has 0 bridgehead atoms. The van der Waals surface area contributed by atoms with Gasteiger partial charge in [0, 0.05) is 19.2 Å². The van der Waals surface area contributed by atoms with Crippen molar-refractivity contribution in [1.82, 2.24) is 10.2 Å². The van der Waals surface area contributed by atoms with Crippen LogP contribution in [0.1, 0.15) is 19.4 Å². The van der Waals surface area contributed by atoms with Crippen LogP contribution in [-0.4, -0.2) is 57.5 Å². The number of rotatable bonds is 10. The molecule has 1 aliphatic heterocycles. The van der Waals surface area contributed by atoms with Crippen molar-refractivity contribution in [3.8, 4) is 11.5 Å². The molecule has 0 saturated carbocycles. The fourth-order valence-electron chi connectivity index (χ4n) is 4.19. The first-order valence-electron chi connectivity index (χ1n) is 12.7. The highest BCUT2D eigenvalue weighted by atomic mass is 35.5. The van der Waals surface area contributed by atoms with E-state index in [1.165, 1.54) is 42.2 Å². The van der Waals surface area contributed by atoms with Gasteiger partial charge in [-0.25, -0.2) is 12.8 Å². The van der Waals surface area contributed by atoms with Gasteiger partial charge in [0.2, 0.25) is 11.8 Å². The quantitative estimate of drug-likeness (QED) is 0.352. The summed E-state index contributed by atoms with van der Waals surface area (Å²) in [6.45, 7) is 3.44. The standard InChI is InChI=1S/C28H28Cl2FN3O6S/c1-3-32-28(36)18(2)33(16-19-4-10-23(29)24(30)14-19)27(35)17-34(21-7-5-20(31)6-8-21)41(37,38)22-9-11-25-26(15-22)40-13-12-39-25/h4-11,14-15,18H,3,12-13,16-17H2,1-2H3,(H,32,36)/t18-/m0/s1. The van der Waals surface area contributed by atoms with Gasteiger partial charge in [0.05, 0.1) is 20.6 Å². The number of carbonyl (C=O) groups excluding carboxylic acids is 2. The molecule has 0 unspecified atom stereocenters. The monoisotopic (exact) mass is 623 g/mol. The number of sulfonamides is 1. The average molecular weight is 625 g/mol. The Kier molecular flexibility index (Phi) is 9.62. The van der Waals surface area contributed by atoms with Gasteiger partial charge >= 0.3 is 0 Å². The molecule has 0 aliphatic carbocycles. The molecule has 1 atom stereocenters. The van der Waals surface area contributed by atoms with Gasteiger partial charge < -0.3 is 19.7 Å². The topological polar surface area (TPSA) is 105 Å². The maximum atomic E-state index is 14.0. The lowest BCUT2D eigenvalue weighted by Crippen LogP contribution is -2.51. The third-order valence-electron chi connectivity index (χ3n) is 6.35. The molecule has 0 spiro atoms. The molecule has 0 saturated heterocycles. The minimum absolute atomic E-state index is 0.0507. The summed E-state index contributed by atoms with van der Waals surface area (Å²) in [6.07, 6.45) is 0. The number of halogens is 3. The Morgan fingerprint density at radius 1 is 0.976 bits per heavy atom. The van der Waals surface area contributed by atoms with Crippen LogP contribution in [0.3, 0.4) is 0 Å². The van der Waals surface area contributed by atoms with E-state index in [2.05, 4.69) is 5.32 Å². The van der Waals surface area contributed by atoms with Crippen LogP contribution >= 0.6 is 23.2 Å². The van der Waals surface area contributed by atoms with Gasteiger partial charge in [-0.1, -0.05) is 29.3 Å². The minimum Gasteiger partial charge on any atom is -0.486 e. The third-order valence-corrected chi connectivity index (χ3v) is 8.86. The van der Waals surface area contributed by atoms with Gasteiger partial charge in [0.25, 0.3) is 10.0 Å². The third kappa shape index (κ3) is 7.03. The van der Waals surface area contributed by atoms with Crippen molar-refractivity contribution in [1.29, 1.82) is 0 Å². The number of nitrogens with one attached hydrogen (secondary N) is 1. The minimum atomic E-state index is -4.38. The molecule has 9 nitrogen and oxygen atoms in total. The molecule has 1 aliphatic rings. The second kappa shape index (κ2) is 13.0. The fraction of sp³-hybridized carbons (Fsp3) is 0.286. The highest BCUT2D eigenvalue weighted by Crippen LogP contribution is 2.34. The number of benzene rings is 3. The van der Waals surface area contributed by atoms with Gasteiger partial charge in [-0.2, -0.15) is 0 Å². The van der Waals surface area contributed by atoms with Gasteiger partial charge in [-0.05, 0) is 67.9 Å². The zero-order chi connectivity index (χ0) is 29.7. The summed E-state index contributed by atoms with van der Waals surface area (Å²) in [5.74, 6) is -1.05. The van der Waals surface area contributed by atoms with Crippen molar-refractivity contribution in [3.63, 3.8) is 0 Å². The summed E-state index contributed by atoms with van der Waals surface area (Å²) in [7, 11) is -4.38. The van der Waals surface area contributed by atoms with Crippen molar-refractivity contribution in [3.05, 3.63) is 82.1 Å². The van der Waals surface area contributed by atoms with Crippen molar-refractivity contribution in [2.75, 3.05) is 30.6 Å². The summed E-state index contributed by atoms with van der Waals surface area (Å²) in [4.78, 5) is 27.8. The van der Waals surface area contributed by atoms with E-state index in [1.54, 1.807) is 25.1 Å². The number of nitrogens with zero attached hydrogens (tertiary/aromatic N) is 2. The number of ether oxygens (including phenoxy) is 2. The molecule has 0 fully saturated rings. The number of likely N-dealkylation sites (N-methyl/N-ethyl adjacent to an activating group) is 1. The lowest BCUT2D eigenvalue weighted by atomic mass is 10.1. The molecular weight excluding hydrogens is 596 g/mol. The second-order valence-corrected chi connectivity index (χ2v) is 11.8. The molecule has 2 amide bonds. The van der Waals surface area contributed by atoms with E-state index in [-0.39, 0.29) is 34.5 Å². The number of hydrogen-bond acceptors (Lipinski definition) is 6. The maximum absolute atomic E-state index is 14.0. The fourth-order valence-corrected chi connectivity index (χ4v) is 5.94. The predicted octanol–water partition coefficient (Wildman–Crippen LogP) is 4.65. The zero-order valence-corrected chi connectivity index (χ0v) is 24.6. The molecule has 41 heavy (non-hydrogen) atoms. The average Bonchev–Trinajstić information content (AvgIpc) is 2.96. The SMILES string of the molecule is CCNC(=O)[C@H](C)N(Cc1ccc(Cl)c(Cl)c1)C(=O)CN(c1ccc(F)cc1)S(=O)(=O)c1ccc2c(c1)OCCO2. The van der Waals surface area contributed by atoms with Crippen LogP contribution in [0.5, 0.6) is 11.5 Å². The van der Waals surface area contributed by atoms with E-state index >= 15 is 0 Å². The Morgan fingerprint density at radius 3 is 2.32 bits per heavy atom. The molecule has 13 heteroatoms. The molecule has 3 aromatic carbocycles. The predicted molar refractivity (Wildman–Crippen MR) is 154 cm³/mol. The Labute approximate surface area is 247 Å². The van der Waals surface area contributed by atoms with E-state index in [4.69, 9.17) is 32.7 Å². The van der Waals surface area contributed by atoms with Crippen LogP contribution in [0.25, 0.3) is 0 Å². The van der Waals surface area contributed by atoms with E-state index in [1.807, 2.05) is 0 Å². The molecule has 0 radical (unpaired) electrons. The number of amides is 2. The molecule has 4 rings (SSSR count). The Bertz CT molecular complexity index is 1540. The van der Waals surface area contributed by atoms with Crippen molar-refractivity contribution < 1.29 is 31.9 Å². The van der Waals surface area contributed by atoms with Crippen molar-refractivity contribution in [2.24, 2.45) is 0 Å². The van der Waals surface area contributed by atoms with Crippen LogP contribution in [-0.2, 0) is 26.2 Å². The highest BCUT2D eigenvalue weighted by molar-refractivity contribution is 7.92. The smallest absolute Gasteiger partial charge is 0.264 e. The summed E-state index contributed by atoms with van der Waals surface area (Å²) >= 11 is 12.2. The summed E-state index contributed by atoms with van der Waals surface area (Å²) in [6, 6.07) is 12.7. The Hall–Kier alpha value is -3.54. The van der Waals surface area contributed by atoms with Crippen molar-refractivity contribution in [2.45, 2.75) is 31.3 Å². The number of carbonyl (C=O) groups is 2. The van der Waals surface area contributed by atoms with Gasteiger partial charge in [-0.15, -0.1) is 0 Å². The number of fused-ring (bicyclic) bond motifs is 1. The van der Waals surface area contributed by atoms with E-state index in [0.29, 0.717) is 29.5 Å².